The Kier molecular flexibility index (Phi) is 4.04. The van der Waals surface area contributed by atoms with Gasteiger partial charge in [-0.3, -0.25) is 4.79 Å². The minimum atomic E-state index is -0.217. The molecule has 0 aliphatic carbocycles. The van der Waals surface area contributed by atoms with Crippen molar-refractivity contribution in [1.29, 1.82) is 0 Å². The van der Waals surface area contributed by atoms with E-state index in [1.807, 2.05) is 42.5 Å². The molecule has 132 valence electrons. The second-order valence-corrected chi connectivity index (χ2v) is 6.09. The van der Waals surface area contributed by atoms with E-state index in [2.05, 4.69) is 9.97 Å². The molecule has 4 rings (SSSR count). The topological polar surface area (TPSA) is 90.6 Å². The normalized spacial score (nSPS) is 12.8. The van der Waals surface area contributed by atoms with Crippen LogP contribution in [0.4, 0.5) is 5.95 Å². The number of rotatable bonds is 3. The van der Waals surface area contributed by atoms with Crippen molar-refractivity contribution >= 4 is 22.8 Å². The van der Waals surface area contributed by atoms with E-state index in [1.54, 1.807) is 11.9 Å². The quantitative estimate of drug-likeness (QED) is 0.779. The van der Waals surface area contributed by atoms with Crippen LogP contribution in [0.3, 0.4) is 0 Å². The van der Waals surface area contributed by atoms with Gasteiger partial charge in [-0.05, 0) is 23.8 Å². The summed E-state index contributed by atoms with van der Waals surface area (Å²) in [4.78, 5) is 22.9. The number of nitrogens with two attached hydrogens (primary N) is 1. The van der Waals surface area contributed by atoms with E-state index < -0.39 is 0 Å². The Bertz CT molecular complexity index is 990. The number of nitrogens with zero attached hydrogens (tertiary/aromatic N) is 3. The third-order valence-corrected chi connectivity index (χ3v) is 4.20. The summed E-state index contributed by atoms with van der Waals surface area (Å²) in [7, 11) is 1.73. The van der Waals surface area contributed by atoms with Gasteiger partial charge >= 0.3 is 0 Å². The first kappa shape index (κ1) is 16.1. The van der Waals surface area contributed by atoms with Gasteiger partial charge < -0.3 is 20.1 Å². The first-order chi connectivity index (χ1) is 12.6. The average Bonchev–Trinajstić information content (AvgIpc) is 2.66. The second-order valence-electron chi connectivity index (χ2n) is 6.09. The van der Waals surface area contributed by atoms with Crippen LogP contribution in [0.5, 0.6) is 11.5 Å². The van der Waals surface area contributed by atoms with Crippen molar-refractivity contribution in [3.63, 3.8) is 0 Å². The molecule has 7 nitrogen and oxygen atoms in total. The van der Waals surface area contributed by atoms with Gasteiger partial charge in [0.15, 0.2) is 11.5 Å². The number of amides is 1. The van der Waals surface area contributed by atoms with Gasteiger partial charge in [0.2, 0.25) is 5.95 Å². The Balaban J connectivity index is 1.61. The van der Waals surface area contributed by atoms with Crippen LogP contribution < -0.4 is 15.2 Å². The Morgan fingerprint density at radius 2 is 1.88 bits per heavy atom. The lowest BCUT2D eigenvalue weighted by Crippen LogP contribution is -2.27. The fraction of sp³-hybridized carbons (Fsp3) is 0.211. The maximum Gasteiger partial charge on any atom is 0.273 e. The molecule has 0 saturated heterocycles. The summed E-state index contributed by atoms with van der Waals surface area (Å²) in [5, 5.41) is 0.681. The second kappa shape index (κ2) is 6.51. The SMILES string of the molecule is CN(Cc1ccc2c(c1)OCCO2)C(=O)c1nc(N)nc2ccccc12. The van der Waals surface area contributed by atoms with E-state index in [4.69, 9.17) is 15.2 Å². The fourth-order valence-electron chi connectivity index (χ4n) is 2.97. The molecule has 0 saturated carbocycles. The molecule has 26 heavy (non-hydrogen) atoms. The Hall–Kier alpha value is -3.35. The van der Waals surface area contributed by atoms with E-state index in [0.717, 1.165) is 11.3 Å². The van der Waals surface area contributed by atoms with Crippen LogP contribution in [0.15, 0.2) is 42.5 Å². The third kappa shape index (κ3) is 2.99. The highest BCUT2D eigenvalue weighted by atomic mass is 16.6. The molecule has 1 aliphatic rings. The van der Waals surface area contributed by atoms with E-state index in [9.17, 15) is 4.79 Å². The van der Waals surface area contributed by atoms with Crippen molar-refractivity contribution in [1.82, 2.24) is 14.9 Å². The van der Waals surface area contributed by atoms with Gasteiger partial charge in [-0.25, -0.2) is 9.97 Å². The summed E-state index contributed by atoms with van der Waals surface area (Å²) in [5.74, 6) is 1.29. The molecule has 1 aromatic heterocycles. The molecule has 0 spiro atoms. The van der Waals surface area contributed by atoms with Gasteiger partial charge in [0.25, 0.3) is 5.91 Å². The molecule has 1 aliphatic heterocycles. The number of anilines is 1. The number of aromatic nitrogens is 2. The summed E-state index contributed by atoms with van der Waals surface area (Å²) >= 11 is 0. The van der Waals surface area contributed by atoms with Crippen LogP contribution in [0.1, 0.15) is 16.1 Å². The maximum atomic E-state index is 12.9. The van der Waals surface area contributed by atoms with Gasteiger partial charge in [0, 0.05) is 19.0 Å². The number of benzene rings is 2. The minimum Gasteiger partial charge on any atom is -0.486 e. The molecular formula is C19H18N4O3. The highest BCUT2D eigenvalue weighted by Gasteiger charge is 2.19. The average molecular weight is 350 g/mol. The van der Waals surface area contributed by atoms with Gasteiger partial charge in [-0.1, -0.05) is 24.3 Å². The van der Waals surface area contributed by atoms with E-state index in [-0.39, 0.29) is 11.9 Å². The molecule has 2 heterocycles. The van der Waals surface area contributed by atoms with Crippen molar-refractivity contribution in [2.24, 2.45) is 0 Å². The predicted octanol–water partition coefficient (Wildman–Crippen LogP) is 2.26. The first-order valence-corrected chi connectivity index (χ1v) is 8.28. The summed E-state index contributed by atoms with van der Waals surface area (Å²) in [5.41, 5.74) is 7.66. The zero-order chi connectivity index (χ0) is 18.1. The van der Waals surface area contributed by atoms with Gasteiger partial charge in [-0.15, -0.1) is 0 Å². The van der Waals surface area contributed by atoms with Crippen LogP contribution in [-0.2, 0) is 6.54 Å². The largest absolute Gasteiger partial charge is 0.486 e. The van der Waals surface area contributed by atoms with Crippen molar-refractivity contribution in [2.75, 3.05) is 26.0 Å². The molecule has 0 unspecified atom stereocenters. The zero-order valence-electron chi connectivity index (χ0n) is 14.3. The molecule has 0 fully saturated rings. The van der Waals surface area contributed by atoms with Crippen LogP contribution in [0.2, 0.25) is 0 Å². The first-order valence-electron chi connectivity index (χ1n) is 8.28. The molecule has 0 radical (unpaired) electrons. The summed E-state index contributed by atoms with van der Waals surface area (Å²) in [6.45, 7) is 1.48. The van der Waals surface area contributed by atoms with Crippen molar-refractivity contribution in [3.8, 4) is 11.5 Å². The zero-order valence-corrected chi connectivity index (χ0v) is 14.3. The number of para-hydroxylation sites is 1. The number of carbonyl (C=O) groups is 1. The number of nitrogen functional groups attached to an aromatic ring is 1. The Labute approximate surface area is 150 Å². The van der Waals surface area contributed by atoms with Crippen molar-refractivity contribution in [2.45, 2.75) is 6.54 Å². The van der Waals surface area contributed by atoms with Crippen LogP contribution in [0.25, 0.3) is 10.9 Å². The summed E-state index contributed by atoms with van der Waals surface area (Å²) in [6.07, 6.45) is 0. The minimum absolute atomic E-state index is 0.0831. The molecule has 0 atom stereocenters. The lowest BCUT2D eigenvalue weighted by Gasteiger charge is -2.21. The number of fused-ring (bicyclic) bond motifs is 2. The van der Waals surface area contributed by atoms with Crippen molar-refractivity contribution in [3.05, 3.63) is 53.7 Å². The smallest absolute Gasteiger partial charge is 0.273 e. The van der Waals surface area contributed by atoms with Crippen LogP contribution in [0, 0.1) is 0 Å². The van der Waals surface area contributed by atoms with E-state index in [0.29, 0.717) is 42.1 Å². The fourth-order valence-corrected chi connectivity index (χ4v) is 2.97. The molecule has 2 N–H and O–H groups in total. The van der Waals surface area contributed by atoms with Crippen LogP contribution in [-0.4, -0.2) is 41.0 Å². The lowest BCUT2D eigenvalue weighted by molar-refractivity contribution is 0.0781. The van der Waals surface area contributed by atoms with Gasteiger partial charge in [0.05, 0.1) is 5.52 Å². The number of ether oxygens (including phenoxy) is 2. The Morgan fingerprint density at radius 3 is 2.73 bits per heavy atom. The highest BCUT2D eigenvalue weighted by molar-refractivity contribution is 6.04. The molecule has 3 aromatic rings. The molecule has 2 aromatic carbocycles. The van der Waals surface area contributed by atoms with Gasteiger partial charge in [-0.2, -0.15) is 0 Å². The summed E-state index contributed by atoms with van der Waals surface area (Å²) < 4.78 is 11.1. The summed E-state index contributed by atoms with van der Waals surface area (Å²) in [6, 6.07) is 13.0. The van der Waals surface area contributed by atoms with Gasteiger partial charge in [0.1, 0.15) is 18.9 Å². The third-order valence-electron chi connectivity index (χ3n) is 4.20. The maximum absolute atomic E-state index is 12.9. The standard InChI is InChI=1S/C19H18N4O3/c1-23(11-12-6-7-15-16(10-12)26-9-8-25-15)18(24)17-13-4-2-3-5-14(13)21-19(20)22-17/h2-7,10H,8-9,11H2,1H3,(H2,20,21,22). The highest BCUT2D eigenvalue weighted by Crippen LogP contribution is 2.31. The Morgan fingerprint density at radius 1 is 1.12 bits per heavy atom. The number of carbonyl (C=O) groups excluding carboxylic acids is 1. The molecule has 7 heteroatoms. The molecular weight excluding hydrogens is 332 g/mol. The predicted molar refractivity (Wildman–Crippen MR) is 97.2 cm³/mol. The van der Waals surface area contributed by atoms with E-state index >= 15 is 0 Å². The molecule has 1 amide bonds. The lowest BCUT2D eigenvalue weighted by atomic mass is 10.1. The van der Waals surface area contributed by atoms with Crippen LogP contribution >= 0.6 is 0 Å². The van der Waals surface area contributed by atoms with Crippen molar-refractivity contribution < 1.29 is 14.3 Å². The number of hydrogen-bond acceptors (Lipinski definition) is 6. The monoisotopic (exact) mass is 350 g/mol. The van der Waals surface area contributed by atoms with E-state index in [1.165, 1.54) is 0 Å². The number of hydrogen-bond donors (Lipinski definition) is 1. The molecule has 0 bridgehead atoms.